The maximum Gasteiger partial charge on any atom is 0.228 e. The molecule has 0 saturated carbocycles. The lowest BCUT2D eigenvalue weighted by Crippen LogP contribution is -2.14. The van der Waals surface area contributed by atoms with Crippen molar-refractivity contribution < 1.29 is 14.3 Å². The zero-order valence-electron chi connectivity index (χ0n) is 13.2. The summed E-state index contributed by atoms with van der Waals surface area (Å²) in [4.78, 5) is 15.4. The highest BCUT2D eigenvalue weighted by atomic mass is 19.1. The Hall–Kier alpha value is -3.34. The summed E-state index contributed by atoms with van der Waals surface area (Å²) in [5.74, 6) is -0.478. The van der Waals surface area contributed by atoms with Crippen LogP contribution in [-0.4, -0.2) is 16.0 Å². The van der Waals surface area contributed by atoms with Crippen molar-refractivity contribution in [1.82, 2.24) is 4.98 Å². The zero-order valence-corrected chi connectivity index (χ0v) is 13.2. The van der Waals surface area contributed by atoms with Crippen molar-refractivity contribution in [1.29, 1.82) is 0 Å². The smallest absolute Gasteiger partial charge is 0.228 e. The van der Waals surface area contributed by atoms with E-state index < -0.39 is 0 Å². The van der Waals surface area contributed by atoms with Crippen LogP contribution in [0.1, 0.15) is 5.56 Å². The molecule has 1 aromatic heterocycles. The number of halogens is 1. The molecule has 0 fully saturated rings. The summed E-state index contributed by atoms with van der Waals surface area (Å²) in [6.07, 6.45) is 0.175. The molecule has 3 aromatic carbocycles. The van der Waals surface area contributed by atoms with Gasteiger partial charge in [0.05, 0.1) is 12.1 Å². The van der Waals surface area contributed by atoms with E-state index in [4.69, 9.17) is 0 Å². The molecule has 4 aromatic rings. The summed E-state index contributed by atoms with van der Waals surface area (Å²) < 4.78 is 13.4. The maximum absolute atomic E-state index is 13.4. The summed E-state index contributed by atoms with van der Waals surface area (Å²) in [6.45, 7) is 0. The SMILES string of the molecule is O=C(Cc1ccc2c(c1)[nH]c1cc(F)ccc12)Nc1ccccc1O. The summed E-state index contributed by atoms with van der Waals surface area (Å²) in [5, 5.41) is 14.3. The fourth-order valence-electron chi connectivity index (χ4n) is 3.00. The number of para-hydroxylation sites is 2. The Kier molecular flexibility index (Phi) is 3.61. The highest BCUT2D eigenvalue weighted by Gasteiger charge is 2.10. The van der Waals surface area contributed by atoms with Gasteiger partial charge in [0.25, 0.3) is 0 Å². The van der Waals surface area contributed by atoms with E-state index in [0.29, 0.717) is 5.69 Å². The minimum Gasteiger partial charge on any atom is -0.506 e. The monoisotopic (exact) mass is 334 g/mol. The molecule has 0 saturated heterocycles. The molecule has 0 atom stereocenters. The second kappa shape index (κ2) is 5.94. The van der Waals surface area contributed by atoms with Crippen molar-refractivity contribution in [2.75, 3.05) is 5.32 Å². The number of hydrogen-bond acceptors (Lipinski definition) is 2. The Labute approximate surface area is 142 Å². The van der Waals surface area contributed by atoms with Gasteiger partial charge >= 0.3 is 0 Å². The first-order chi connectivity index (χ1) is 12.1. The second-order valence-electron chi connectivity index (χ2n) is 5.94. The normalized spacial score (nSPS) is 11.1. The molecule has 4 nitrogen and oxygen atoms in total. The second-order valence-corrected chi connectivity index (χ2v) is 5.94. The molecule has 0 aliphatic carbocycles. The first-order valence-corrected chi connectivity index (χ1v) is 7.88. The molecule has 0 aliphatic rings. The van der Waals surface area contributed by atoms with Crippen molar-refractivity contribution in [2.45, 2.75) is 6.42 Å². The third-order valence-electron chi connectivity index (χ3n) is 4.17. The Morgan fingerprint density at radius 2 is 1.72 bits per heavy atom. The van der Waals surface area contributed by atoms with Gasteiger partial charge in [0.15, 0.2) is 0 Å². The number of carbonyl (C=O) groups is 1. The standard InChI is InChI=1S/C20H15FN2O2/c21-13-6-8-15-14-7-5-12(9-17(14)22-18(15)11-13)10-20(25)23-16-3-1-2-4-19(16)24/h1-9,11,22,24H,10H2,(H,23,25). The quantitative estimate of drug-likeness (QED) is 0.488. The number of aromatic hydroxyl groups is 1. The minimum atomic E-state index is -0.290. The third kappa shape index (κ3) is 2.92. The number of aromatic nitrogens is 1. The van der Waals surface area contributed by atoms with Crippen LogP contribution in [0.2, 0.25) is 0 Å². The lowest BCUT2D eigenvalue weighted by Gasteiger charge is -2.07. The van der Waals surface area contributed by atoms with Gasteiger partial charge in [-0.15, -0.1) is 0 Å². The lowest BCUT2D eigenvalue weighted by molar-refractivity contribution is -0.115. The number of anilines is 1. The van der Waals surface area contributed by atoms with Crippen LogP contribution >= 0.6 is 0 Å². The number of phenols is 1. The molecule has 4 rings (SSSR count). The van der Waals surface area contributed by atoms with Gasteiger partial charge < -0.3 is 15.4 Å². The van der Waals surface area contributed by atoms with Gasteiger partial charge in [-0.05, 0) is 42.0 Å². The summed E-state index contributed by atoms with van der Waals surface area (Å²) in [7, 11) is 0. The van der Waals surface area contributed by atoms with Gasteiger partial charge in [-0.1, -0.05) is 24.3 Å². The van der Waals surface area contributed by atoms with E-state index in [-0.39, 0.29) is 23.9 Å². The summed E-state index contributed by atoms with van der Waals surface area (Å²) in [6, 6.07) is 16.9. The first-order valence-electron chi connectivity index (χ1n) is 7.88. The number of hydrogen-bond donors (Lipinski definition) is 3. The van der Waals surface area contributed by atoms with E-state index in [2.05, 4.69) is 10.3 Å². The largest absolute Gasteiger partial charge is 0.506 e. The van der Waals surface area contributed by atoms with Crippen LogP contribution in [0.4, 0.5) is 10.1 Å². The van der Waals surface area contributed by atoms with Gasteiger partial charge in [-0.2, -0.15) is 0 Å². The molecule has 1 heterocycles. The number of H-pyrrole nitrogens is 1. The van der Waals surface area contributed by atoms with E-state index in [1.54, 1.807) is 24.3 Å². The first kappa shape index (κ1) is 15.2. The summed E-state index contributed by atoms with van der Waals surface area (Å²) in [5.41, 5.74) is 2.79. The van der Waals surface area contributed by atoms with Gasteiger partial charge in [0.1, 0.15) is 11.6 Å². The van der Waals surface area contributed by atoms with Crippen LogP contribution in [0.3, 0.4) is 0 Å². The predicted octanol–water partition coefficient (Wildman–Crippen LogP) is 4.35. The Bertz CT molecular complexity index is 1100. The molecule has 25 heavy (non-hydrogen) atoms. The maximum atomic E-state index is 13.4. The van der Waals surface area contributed by atoms with Gasteiger partial charge in [0, 0.05) is 21.8 Å². The van der Waals surface area contributed by atoms with Crippen molar-refractivity contribution in [3.63, 3.8) is 0 Å². The van der Waals surface area contributed by atoms with Crippen molar-refractivity contribution in [2.24, 2.45) is 0 Å². The number of phenolic OH excluding ortho intramolecular Hbond substituents is 1. The molecular formula is C20H15FN2O2. The molecule has 0 radical (unpaired) electrons. The van der Waals surface area contributed by atoms with E-state index in [9.17, 15) is 14.3 Å². The molecule has 0 unspecified atom stereocenters. The van der Waals surface area contributed by atoms with Gasteiger partial charge in [0.2, 0.25) is 5.91 Å². The van der Waals surface area contributed by atoms with Crippen LogP contribution in [0.15, 0.2) is 60.7 Å². The van der Waals surface area contributed by atoms with Crippen LogP contribution in [0.5, 0.6) is 5.75 Å². The lowest BCUT2D eigenvalue weighted by atomic mass is 10.1. The average molecular weight is 334 g/mol. The number of benzene rings is 3. The van der Waals surface area contributed by atoms with Crippen LogP contribution < -0.4 is 5.32 Å². The fourth-order valence-corrected chi connectivity index (χ4v) is 3.00. The zero-order chi connectivity index (χ0) is 17.4. The van der Waals surface area contributed by atoms with E-state index in [1.165, 1.54) is 18.2 Å². The Morgan fingerprint density at radius 3 is 2.52 bits per heavy atom. The topological polar surface area (TPSA) is 65.1 Å². The van der Waals surface area contributed by atoms with Crippen LogP contribution in [0, 0.1) is 5.82 Å². The Balaban J connectivity index is 1.60. The van der Waals surface area contributed by atoms with E-state index in [0.717, 1.165) is 27.4 Å². The average Bonchev–Trinajstić information content (AvgIpc) is 2.93. The van der Waals surface area contributed by atoms with Crippen molar-refractivity contribution in [3.05, 3.63) is 72.0 Å². The highest BCUT2D eigenvalue weighted by Crippen LogP contribution is 2.27. The third-order valence-corrected chi connectivity index (χ3v) is 4.17. The number of rotatable bonds is 3. The predicted molar refractivity (Wildman–Crippen MR) is 96.2 cm³/mol. The molecule has 0 bridgehead atoms. The molecule has 3 N–H and O–H groups in total. The van der Waals surface area contributed by atoms with E-state index >= 15 is 0 Å². The van der Waals surface area contributed by atoms with Crippen molar-refractivity contribution in [3.8, 4) is 5.75 Å². The van der Waals surface area contributed by atoms with Crippen LogP contribution in [0.25, 0.3) is 21.8 Å². The molecule has 0 aliphatic heterocycles. The molecule has 124 valence electrons. The van der Waals surface area contributed by atoms with Crippen LogP contribution in [-0.2, 0) is 11.2 Å². The Morgan fingerprint density at radius 1 is 1.00 bits per heavy atom. The molecular weight excluding hydrogens is 319 g/mol. The van der Waals surface area contributed by atoms with Gasteiger partial charge in [-0.25, -0.2) is 4.39 Å². The summed E-state index contributed by atoms with van der Waals surface area (Å²) >= 11 is 0. The minimum absolute atomic E-state index is 0.0314. The van der Waals surface area contributed by atoms with Crippen molar-refractivity contribution >= 4 is 33.4 Å². The molecule has 5 heteroatoms. The van der Waals surface area contributed by atoms with E-state index in [1.807, 2.05) is 18.2 Å². The number of amides is 1. The fraction of sp³-hybridized carbons (Fsp3) is 0.0500. The highest BCUT2D eigenvalue weighted by molar-refractivity contribution is 6.07. The molecule has 0 spiro atoms. The van der Waals surface area contributed by atoms with Gasteiger partial charge in [-0.3, -0.25) is 4.79 Å². The number of aromatic amines is 1. The number of carbonyl (C=O) groups excluding carboxylic acids is 1. The number of nitrogens with one attached hydrogen (secondary N) is 2. The number of fused-ring (bicyclic) bond motifs is 3. The molecule has 1 amide bonds.